The van der Waals surface area contributed by atoms with Crippen molar-refractivity contribution in [3.8, 4) is 0 Å². The SMILES string of the molecule is CCCO/N=C(\CCC)C1CCCC1. The van der Waals surface area contributed by atoms with E-state index in [2.05, 4.69) is 19.0 Å². The molecule has 0 aromatic heterocycles. The lowest BCUT2D eigenvalue weighted by atomic mass is 9.98. The van der Waals surface area contributed by atoms with Gasteiger partial charge >= 0.3 is 0 Å². The van der Waals surface area contributed by atoms with E-state index in [0.717, 1.165) is 25.4 Å². The molecule has 0 atom stereocenters. The van der Waals surface area contributed by atoms with Crippen molar-refractivity contribution in [2.75, 3.05) is 6.61 Å². The van der Waals surface area contributed by atoms with E-state index in [1.807, 2.05) is 0 Å². The zero-order valence-electron chi connectivity index (χ0n) is 9.59. The first kappa shape index (κ1) is 11.5. The predicted molar refractivity (Wildman–Crippen MR) is 60.5 cm³/mol. The van der Waals surface area contributed by atoms with E-state index in [1.54, 1.807) is 0 Å². The summed E-state index contributed by atoms with van der Waals surface area (Å²) in [6.07, 6.45) is 8.76. The molecule has 0 spiro atoms. The van der Waals surface area contributed by atoms with Gasteiger partial charge < -0.3 is 4.84 Å². The number of hydrogen-bond donors (Lipinski definition) is 0. The molecule has 1 rings (SSSR count). The van der Waals surface area contributed by atoms with Crippen molar-refractivity contribution in [2.24, 2.45) is 11.1 Å². The van der Waals surface area contributed by atoms with Crippen molar-refractivity contribution < 1.29 is 4.84 Å². The van der Waals surface area contributed by atoms with E-state index in [9.17, 15) is 0 Å². The maximum Gasteiger partial charge on any atom is 0.116 e. The summed E-state index contributed by atoms with van der Waals surface area (Å²) in [5, 5.41) is 4.30. The van der Waals surface area contributed by atoms with Gasteiger partial charge in [0.25, 0.3) is 0 Å². The minimum atomic E-state index is 0.729. The molecule has 0 aliphatic heterocycles. The van der Waals surface area contributed by atoms with E-state index in [0.29, 0.717) is 0 Å². The largest absolute Gasteiger partial charge is 0.396 e. The molecule has 0 unspecified atom stereocenters. The Labute approximate surface area is 87.7 Å². The molecule has 1 fully saturated rings. The molecule has 82 valence electrons. The molecule has 0 saturated heterocycles. The first-order valence-electron chi connectivity index (χ1n) is 6.07. The Morgan fingerprint density at radius 1 is 1.21 bits per heavy atom. The minimum absolute atomic E-state index is 0.729. The quantitative estimate of drug-likeness (QED) is 0.361. The standard InChI is InChI=1S/C12H23NO/c1-3-7-12(13-14-10-4-2)11-8-5-6-9-11/h11H,3-10H2,1-2H3/b13-12+. The highest BCUT2D eigenvalue weighted by atomic mass is 16.6. The molecular weight excluding hydrogens is 174 g/mol. The summed E-state index contributed by atoms with van der Waals surface area (Å²) in [6.45, 7) is 5.09. The predicted octanol–water partition coefficient (Wildman–Crippen LogP) is 3.76. The van der Waals surface area contributed by atoms with Crippen LogP contribution in [0.2, 0.25) is 0 Å². The fourth-order valence-electron chi connectivity index (χ4n) is 2.06. The van der Waals surface area contributed by atoms with E-state index < -0.39 is 0 Å². The lowest BCUT2D eigenvalue weighted by molar-refractivity contribution is 0.142. The van der Waals surface area contributed by atoms with Gasteiger partial charge in [-0.1, -0.05) is 38.3 Å². The van der Waals surface area contributed by atoms with Crippen molar-refractivity contribution >= 4 is 5.71 Å². The molecule has 0 aromatic carbocycles. The molecule has 14 heavy (non-hydrogen) atoms. The molecule has 2 nitrogen and oxygen atoms in total. The van der Waals surface area contributed by atoms with Gasteiger partial charge in [0, 0.05) is 5.92 Å². The average Bonchev–Trinajstić information content (AvgIpc) is 2.70. The molecule has 1 aliphatic carbocycles. The molecule has 0 aromatic rings. The van der Waals surface area contributed by atoms with Crippen molar-refractivity contribution in [3.05, 3.63) is 0 Å². The Kier molecular flexibility index (Phi) is 5.65. The van der Waals surface area contributed by atoms with E-state index >= 15 is 0 Å². The Balaban J connectivity index is 2.39. The molecule has 2 heteroatoms. The lowest BCUT2D eigenvalue weighted by Gasteiger charge is -2.11. The summed E-state index contributed by atoms with van der Waals surface area (Å²) >= 11 is 0. The van der Waals surface area contributed by atoms with Gasteiger partial charge in [-0.2, -0.15) is 0 Å². The second kappa shape index (κ2) is 6.86. The number of rotatable bonds is 6. The van der Waals surface area contributed by atoms with Gasteiger partial charge in [0.1, 0.15) is 6.61 Å². The van der Waals surface area contributed by atoms with Crippen LogP contribution in [0.3, 0.4) is 0 Å². The van der Waals surface area contributed by atoms with Crippen LogP contribution in [0.5, 0.6) is 0 Å². The molecule has 1 aliphatic rings. The average molecular weight is 197 g/mol. The molecule has 0 bridgehead atoms. The van der Waals surface area contributed by atoms with E-state index in [1.165, 1.54) is 37.8 Å². The number of nitrogens with zero attached hydrogens (tertiary/aromatic N) is 1. The maximum atomic E-state index is 5.30. The molecule has 0 heterocycles. The van der Waals surface area contributed by atoms with Crippen LogP contribution in [0, 0.1) is 5.92 Å². The van der Waals surface area contributed by atoms with Crippen molar-refractivity contribution in [2.45, 2.75) is 58.8 Å². The summed E-state index contributed by atoms with van der Waals surface area (Å²) in [4.78, 5) is 5.30. The Bertz CT molecular complexity index is 171. The van der Waals surface area contributed by atoms with Gasteiger partial charge in [-0.05, 0) is 25.7 Å². The highest BCUT2D eigenvalue weighted by Gasteiger charge is 2.20. The first-order chi connectivity index (χ1) is 6.88. The van der Waals surface area contributed by atoms with Crippen LogP contribution >= 0.6 is 0 Å². The highest BCUT2D eigenvalue weighted by Crippen LogP contribution is 2.27. The van der Waals surface area contributed by atoms with Gasteiger partial charge in [0.15, 0.2) is 0 Å². The normalized spacial score (nSPS) is 18.9. The third-order valence-electron chi connectivity index (χ3n) is 2.81. The van der Waals surface area contributed by atoms with Gasteiger partial charge in [-0.25, -0.2) is 0 Å². The minimum Gasteiger partial charge on any atom is -0.396 e. The van der Waals surface area contributed by atoms with Crippen molar-refractivity contribution in [3.63, 3.8) is 0 Å². The van der Waals surface area contributed by atoms with Crippen LogP contribution in [-0.2, 0) is 4.84 Å². The van der Waals surface area contributed by atoms with Crippen LogP contribution in [0.15, 0.2) is 5.16 Å². The first-order valence-corrected chi connectivity index (χ1v) is 6.07. The fraction of sp³-hybridized carbons (Fsp3) is 0.917. The second-order valence-corrected chi connectivity index (χ2v) is 4.15. The molecule has 0 radical (unpaired) electrons. The molecule has 0 N–H and O–H groups in total. The molecular formula is C12H23NO. The monoisotopic (exact) mass is 197 g/mol. The van der Waals surface area contributed by atoms with Gasteiger partial charge in [-0.3, -0.25) is 0 Å². The van der Waals surface area contributed by atoms with E-state index in [-0.39, 0.29) is 0 Å². The van der Waals surface area contributed by atoms with Crippen LogP contribution < -0.4 is 0 Å². The summed E-state index contributed by atoms with van der Waals surface area (Å²) in [5.74, 6) is 0.729. The third-order valence-corrected chi connectivity index (χ3v) is 2.81. The lowest BCUT2D eigenvalue weighted by Crippen LogP contribution is -2.11. The van der Waals surface area contributed by atoms with Crippen LogP contribution in [0.4, 0.5) is 0 Å². The zero-order chi connectivity index (χ0) is 10.2. The number of oxime groups is 1. The van der Waals surface area contributed by atoms with Crippen LogP contribution in [0.1, 0.15) is 58.8 Å². The van der Waals surface area contributed by atoms with Crippen molar-refractivity contribution in [1.82, 2.24) is 0 Å². The summed E-state index contributed by atoms with van der Waals surface area (Å²) in [5.41, 5.74) is 1.32. The van der Waals surface area contributed by atoms with Gasteiger partial charge in [0.05, 0.1) is 5.71 Å². The molecule has 1 saturated carbocycles. The summed E-state index contributed by atoms with van der Waals surface area (Å²) < 4.78 is 0. The third kappa shape index (κ3) is 3.69. The topological polar surface area (TPSA) is 21.6 Å². The van der Waals surface area contributed by atoms with Crippen LogP contribution in [-0.4, -0.2) is 12.3 Å². The fourth-order valence-corrected chi connectivity index (χ4v) is 2.06. The summed E-state index contributed by atoms with van der Waals surface area (Å²) in [7, 11) is 0. The van der Waals surface area contributed by atoms with E-state index in [4.69, 9.17) is 4.84 Å². The molecule has 0 amide bonds. The summed E-state index contributed by atoms with van der Waals surface area (Å²) in [6, 6.07) is 0. The van der Waals surface area contributed by atoms with Crippen LogP contribution in [0.25, 0.3) is 0 Å². The maximum absolute atomic E-state index is 5.30. The second-order valence-electron chi connectivity index (χ2n) is 4.15. The van der Waals surface area contributed by atoms with Gasteiger partial charge in [-0.15, -0.1) is 0 Å². The Morgan fingerprint density at radius 3 is 2.50 bits per heavy atom. The Morgan fingerprint density at radius 2 is 1.93 bits per heavy atom. The number of hydrogen-bond acceptors (Lipinski definition) is 2. The zero-order valence-corrected chi connectivity index (χ0v) is 9.59. The van der Waals surface area contributed by atoms with Crippen molar-refractivity contribution in [1.29, 1.82) is 0 Å². The van der Waals surface area contributed by atoms with Gasteiger partial charge in [0.2, 0.25) is 0 Å². The highest BCUT2D eigenvalue weighted by molar-refractivity contribution is 5.86. The smallest absolute Gasteiger partial charge is 0.116 e. The Hall–Kier alpha value is -0.530.